The van der Waals surface area contributed by atoms with Crippen molar-refractivity contribution < 1.29 is 9.53 Å². The van der Waals surface area contributed by atoms with Crippen molar-refractivity contribution in [2.75, 3.05) is 7.05 Å². The Morgan fingerprint density at radius 3 is 2.65 bits per heavy atom. The molecule has 2 unspecified atom stereocenters. The van der Waals surface area contributed by atoms with Gasteiger partial charge in [-0.1, -0.05) is 35.0 Å². The van der Waals surface area contributed by atoms with Crippen molar-refractivity contribution in [3.05, 3.63) is 39.8 Å². The van der Waals surface area contributed by atoms with Gasteiger partial charge in [0.05, 0.1) is 0 Å². The molecule has 2 atom stereocenters. The van der Waals surface area contributed by atoms with E-state index in [1.807, 2.05) is 0 Å². The van der Waals surface area contributed by atoms with Gasteiger partial charge in [-0.05, 0) is 13.0 Å². The third kappa shape index (κ3) is 3.42. The molecule has 1 aromatic rings. The Hall–Kier alpha value is -1.62. The number of alkyl carbamates (subject to hydrolysis) is 1. The second-order valence-electron chi connectivity index (χ2n) is 3.43. The first-order chi connectivity index (χ1) is 8.10. The predicted molar refractivity (Wildman–Crippen MR) is 65.0 cm³/mol. The van der Waals surface area contributed by atoms with E-state index in [2.05, 4.69) is 10.5 Å². The summed E-state index contributed by atoms with van der Waals surface area (Å²) in [6, 6.07) is 6.00. The van der Waals surface area contributed by atoms with Crippen molar-refractivity contribution in [2.45, 2.75) is 19.1 Å². The molecule has 0 aliphatic carbocycles. The highest BCUT2D eigenvalue weighted by Gasteiger charge is 2.25. The second kappa shape index (κ2) is 6.20. The van der Waals surface area contributed by atoms with Crippen molar-refractivity contribution in [1.82, 2.24) is 5.32 Å². The Labute approximate surface area is 104 Å². The SMILES string of the molecule is CNC(=O)OC(C)C(N=O)c1ccccc1Cl. The lowest BCUT2D eigenvalue weighted by molar-refractivity contribution is 0.0945. The van der Waals surface area contributed by atoms with Gasteiger partial charge in [-0.25, -0.2) is 4.79 Å². The number of carbonyl (C=O) groups excluding carboxylic acids is 1. The van der Waals surface area contributed by atoms with Gasteiger partial charge in [0.1, 0.15) is 6.10 Å². The fraction of sp³-hybridized carbons (Fsp3) is 0.364. The fourth-order valence-electron chi connectivity index (χ4n) is 1.40. The van der Waals surface area contributed by atoms with Crippen LogP contribution in [-0.4, -0.2) is 19.2 Å². The molecule has 1 amide bonds. The zero-order valence-electron chi connectivity index (χ0n) is 9.51. The van der Waals surface area contributed by atoms with Crippen molar-refractivity contribution in [1.29, 1.82) is 0 Å². The monoisotopic (exact) mass is 256 g/mol. The molecule has 0 fully saturated rings. The number of nitroso groups, excluding NO2 is 1. The molecule has 0 heterocycles. The van der Waals surface area contributed by atoms with Gasteiger partial charge < -0.3 is 10.1 Å². The molecule has 6 heteroatoms. The first kappa shape index (κ1) is 13.4. The number of carbonyl (C=O) groups is 1. The minimum Gasteiger partial charge on any atom is -0.444 e. The molecule has 0 bridgehead atoms. The van der Waals surface area contributed by atoms with E-state index in [1.165, 1.54) is 7.05 Å². The van der Waals surface area contributed by atoms with Gasteiger partial charge in [0.2, 0.25) is 0 Å². The maximum Gasteiger partial charge on any atom is 0.407 e. The van der Waals surface area contributed by atoms with Gasteiger partial charge in [0.25, 0.3) is 0 Å². The first-order valence-electron chi connectivity index (χ1n) is 5.05. The van der Waals surface area contributed by atoms with Crippen molar-refractivity contribution in [3.8, 4) is 0 Å². The van der Waals surface area contributed by atoms with E-state index in [0.29, 0.717) is 10.6 Å². The van der Waals surface area contributed by atoms with Crippen molar-refractivity contribution in [2.24, 2.45) is 5.18 Å². The lowest BCUT2D eigenvalue weighted by atomic mass is 10.0. The maximum atomic E-state index is 11.0. The van der Waals surface area contributed by atoms with Crippen LogP contribution in [0.15, 0.2) is 29.4 Å². The summed E-state index contributed by atoms with van der Waals surface area (Å²) in [4.78, 5) is 21.9. The van der Waals surface area contributed by atoms with E-state index in [9.17, 15) is 9.70 Å². The van der Waals surface area contributed by atoms with E-state index >= 15 is 0 Å². The topological polar surface area (TPSA) is 67.8 Å². The Morgan fingerprint density at radius 2 is 2.12 bits per heavy atom. The standard InChI is InChI=1S/C11H13ClN2O3/c1-7(17-11(15)13-2)10(14-16)8-5-3-4-6-9(8)12/h3-7,10H,1-2H3,(H,13,15). The molecular weight excluding hydrogens is 244 g/mol. The zero-order valence-corrected chi connectivity index (χ0v) is 10.3. The molecular formula is C11H13ClN2O3. The van der Waals surface area contributed by atoms with E-state index in [1.54, 1.807) is 31.2 Å². The highest BCUT2D eigenvalue weighted by atomic mass is 35.5. The molecule has 0 saturated carbocycles. The average Bonchev–Trinajstić information content (AvgIpc) is 2.32. The van der Waals surface area contributed by atoms with E-state index < -0.39 is 18.2 Å². The maximum absolute atomic E-state index is 11.0. The Balaban J connectivity index is 2.88. The summed E-state index contributed by atoms with van der Waals surface area (Å²) in [5.41, 5.74) is 0.542. The largest absolute Gasteiger partial charge is 0.444 e. The second-order valence-corrected chi connectivity index (χ2v) is 3.84. The van der Waals surface area contributed by atoms with Gasteiger partial charge in [0, 0.05) is 17.6 Å². The molecule has 0 saturated heterocycles. The summed E-state index contributed by atoms with van der Waals surface area (Å²) in [6.45, 7) is 1.59. The van der Waals surface area contributed by atoms with Crippen LogP contribution in [0.1, 0.15) is 18.5 Å². The number of rotatable bonds is 4. The third-order valence-electron chi connectivity index (χ3n) is 2.28. The fourth-order valence-corrected chi connectivity index (χ4v) is 1.65. The first-order valence-corrected chi connectivity index (χ1v) is 5.43. The lowest BCUT2D eigenvalue weighted by Gasteiger charge is -2.18. The smallest absolute Gasteiger partial charge is 0.407 e. The van der Waals surface area contributed by atoms with E-state index in [4.69, 9.17) is 16.3 Å². The average molecular weight is 257 g/mol. The number of amides is 1. The normalized spacial score (nSPS) is 13.6. The molecule has 1 N–H and O–H groups in total. The summed E-state index contributed by atoms with van der Waals surface area (Å²) in [6.07, 6.45) is -1.30. The van der Waals surface area contributed by atoms with Crippen LogP contribution < -0.4 is 5.32 Å². The summed E-state index contributed by atoms with van der Waals surface area (Å²) in [7, 11) is 1.44. The van der Waals surface area contributed by atoms with Gasteiger partial charge >= 0.3 is 6.09 Å². The molecule has 5 nitrogen and oxygen atoms in total. The van der Waals surface area contributed by atoms with Gasteiger partial charge in [0.15, 0.2) is 6.04 Å². The zero-order chi connectivity index (χ0) is 12.8. The Morgan fingerprint density at radius 1 is 1.47 bits per heavy atom. The quantitative estimate of drug-likeness (QED) is 0.842. The van der Waals surface area contributed by atoms with Crippen LogP contribution in [0.4, 0.5) is 4.79 Å². The van der Waals surface area contributed by atoms with Gasteiger partial charge in [-0.3, -0.25) is 0 Å². The van der Waals surface area contributed by atoms with E-state index in [0.717, 1.165) is 0 Å². The number of nitrogens with zero attached hydrogens (tertiary/aromatic N) is 1. The number of ether oxygens (including phenoxy) is 1. The molecule has 0 radical (unpaired) electrons. The molecule has 1 rings (SSSR count). The third-order valence-corrected chi connectivity index (χ3v) is 2.62. The number of hydrogen-bond acceptors (Lipinski definition) is 4. The molecule has 0 aromatic heterocycles. The molecule has 17 heavy (non-hydrogen) atoms. The van der Waals surface area contributed by atoms with Crippen molar-refractivity contribution in [3.63, 3.8) is 0 Å². The van der Waals surface area contributed by atoms with Gasteiger partial charge in [-0.2, -0.15) is 4.91 Å². The van der Waals surface area contributed by atoms with Crippen LogP contribution in [0.2, 0.25) is 5.02 Å². The van der Waals surface area contributed by atoms with Crippen LogP contribution in [0.3, 0.4) is 0 Å². The summed E-state index contributed by atoms with van der Waals surface area (Å²) < 4.78 is 4.96. The van der Waals surface area contributed by atoms with Gasteiger partial charge in [-0.15, -0.1) is 0 Å². The van der Waals surface area contributed by atoms with Crippen molar-refractivity contribution >= 4 is 17.7 Å². The Bertz CT molecular complexity index is 411. The van der Waals surface area contributed by atoms with Crippen LogP contribution in [0, 0.1) is 4.91 Å². The molecule has 92 valence electrons. The highest BCUT2D eigenvalue weighted by molar-refractivity contribution is 6.31. The van der Waals surface area contributed by atoms with Crippen LogP contribution in [-0.2, 0) is 4.74 Å². The summed E-state index contributed by atoms with van der Waals surface area (Å²) >= 11 is 5.96. The van der Waals surface area contributed by atoms with Crippen LogP contribution >= 0.6 is 11.6 Å². The minimum atomic E-state index is -0.819. The highest BCUT2D eigenvalue weighted by Crippen LogP contribution is 2.29. The van der Waals surface area contributed by atoms with E-state index in [-0.39, 0.29) is 0 Å². The molecule has 0 aliphatic rings. The van der Waals surface area contributed by atoms with Crippen LogP contribution in [0.5, 0.6) is 0 Å². The number of nitrogens with one attached hydrogen (secondary N) is 1. The lowest BCUT2D eigenvalue weighted by Crippen LogP contribution is -2.27. The van der Waals surface area contributed by atoms with Crippen LogP contribution in [0.25, 0.3) is 0 Å². The molecule has 0 aliphatic heterocycles. The number of halogens is 1. The predicted octanol–water partition coefficient (Wildman–Crippen LogP) is 2.89. The number of hydrogen-bond donors (Lipinski definition) is 1. The summed E-state index contributed by atoms with van der Waals surface area (Å²) in [5.74, 6) is 0. The molecule has 1 aromatic carbocycles. The minimum absolute atomic E-state index is 0.421. The number of benzene rings is 1. The summed E-state index contributed by atoms with van der Waals surface area (Å²) in [5, 5.41) is 5.69. The molecule has 0 spiro atoms. The Kier molecular flexibility index (Phi) is 4.90.